The first-order valence-electron chi connectivity index (χ1n) is 8.05. The molecular formula is C19H22N2O3. The average molecular weight is 326 g/mol. The van der Waals surface area contributed by atoms with Gasteiger partial charge in [0.1, 0.15) is 0 Å². The van der Waals surface area contributed by atoms with E-state index in [-0.39, 0.29) is 5.54 Å². The fourth-order valence-corrected chi connectivity index (χ4v) is 2.97. The Morgan fingerprint density at radius 3 is 1.88 bits per heavy atom. The summed E-state index contributed by atoms with van der Waals surface area (Å²) in [7, 11) is 0. The van der Waals surface area contributed by atoms with E-state index in [9.17, 15) is 4.79 Å². The van der Waals surface area contributed by atoms with E-state index < -0.39 is 6.09 Å². The second-order valence-corrected chi connectivity index (χ2v) is 6.20. The van der Waals surface area contributed by atoms with Gasteiger partial charge in [-0.1, -0.05) is 60.7 Å². The molecule has 126 valence electrons. The molecule has 1 aliphatic rings. The first-order valence-corrected chi connectivity index (χ1v) is 8.05. The van der Waals surface area contributed by atoms with Crippen LogP contribution in [0.15, 0.2) is 60.7 Å². The maximum absolute atomic E-state index is 11.0. The molecule has 5 nitrogen and oxygen atoms in total. The molecule has 1 fully saturated rings. The van der Waals surface area contributed by atoms with Gasteiger partial charge in [0.2, 0.25) is 0 Å². The molecule has 1 heterocycles. The second-order valence-electron chi connectivity index (χ2n) is 6.20. The molecule has 1 aliphatic heterocycles. The van der Waals surface area contributed by atoms with Crippen LogP contribution in [-0.4, -0.2) is 41.4 Å². The van der Waals surface area contributed by atoms with E-state index in [2.05, 4.69) is 34.5 Å². The van der Waals surface area contributed by atoms with Gasteiger partial charge in [-0.05, 0) is 11.1 Å². The fraction of sp³-hybridized carbons (Fsp3) is 0.316. The fourth-order valence-electron chi connectivity index (χ4n) is 2.97. The Labute approximate surface area is 141 Å². The molecule has 0 unspecified atom stereocenters. The van der Waals surface area contributed by atoms with Crippen LogP contribution in [0, 0.1) is 0 Å². The predicted molar refractivity (Wildman–Crippen MR) is 91.7 cm³/mol. The van der Waals surface area contributed by atoms with E-state index in [1.807, 2.05) is 36.4 Å². The molecule has 0 saturated carbocycles. The molecule has 0 spiro atoms. The summed E-state index contributed by atoms with van der Waals surface area (Å²) in [5.41, 5.74) is 2.11. The van der Waals surface area contributed by atoms with Crippen molar-refractivity contribution in [2.24, 2.45) is 0 Å². The van der Waals surface area contributed by atoms with Gasteiger partial charge in [0.25, 0.3) is 0 Å². The van der Waals surface area contributed by atoms with Crippen LogP contribution < -0.4 is 5.32 Å². The number of rotatable bonds is 7. The predicted octanol–water partition coefficient (Wildman–Crippen LogP) is 2.73. The minimum atomic E-state index is -0.999. The second kappa shape index (κ2) is 7.47. The van der Waals surface area contributed by atoms with E-state index in [0.29, 0.717) is 19.8 Å². The third-order valence-corrected chi connectivity index (χ3v) is 4.41. The monoisotopic (exact) mass is 326 g/mol. The van der Waals surface area contributed by atoms with Crippen LogP contribution in [0.3, 0.4) is 0 Å². The highest BCUT2D eigenvalue weighted by Gasteiger charge is 2.44. The van der Waals surface area contributed by atoms with E-state index in [4.69, 9.17) is 9.84 Å². The lowest BCUT2D eigenvalue weighted by molar-refractivity contribution is -0.144. The molecule has 2 aromatic carbocycles. The molecule has 1 amide bonds. The summed E-state index contributed by atoms with van der Waals surface area (Å²) >= 11 is 0. The molecule has 1 saturated heterocycles. The van der Waals surface area contributed by atoms with E-state index in [0.717, 1.165) is 13.1 Å². The van der Waals surface area contributed by atoms with Gasteiger partial charge in [-0.25, -0.2) is 4.79 Å². The van der Waals surface area contributed by atoms with Crippen molar-refractivity contribution < 1.29 is 14.6 Å². The zero-order chi connectivity index (χ0) is 16.8. The van der Waals surface area contributed by atoms with Crippen molar-refractivity contribution >= 4 is 6.09 Å². The SMILES string of the molecule is O=C(O)NCC1(N(Cc2ccccc2)Cc2ccccc2)COC1. The highest BCUT2D eigenvalue weighted by atomic mass is 16.5. The van der Waals surface area contributed by atoms with Crippen LogP contribution in [0.1, 0.15) is 11.1 Å². The first kappa shape index (κ1) is 16.5. The number of amides is 1. The Morgan fingerprint density at radius 1 is 1.00 bits per heavy atom. The molecular weight excluding hydrogens is 304 g/mol. The Bertz CT molecular complexity index is 615. The van der Waals surface area contributed by atoms with Crippen molar-refractivity contribution in [3.8, 4) is 0 Å². The molecule has 0 aromatic heterocycles. The summed E-state index contributed by atoms with van der Waals surface area (Å²) in [5, 5.41) is 11.5. The van der Waals surface area contributed by atoms with Crippen molar-refractivity contribution in [1.82, 2.24) is 10.2 Å². The number of carbonyl (C=O) groups is 1. The molecule has 2 aromatic rings. The Morgan fingerprint density at radius 2 is 1.50 bits per heavy atom. The minimum absolute atomic E-state index is 0.302. The summed E-state index contributed by atoms with van der Waals surface area (Å²) in [5.74, 6) is 0. The maximum Gasteiger partial charge on any atom is 0.404 e. The lowest BCUT2D eigenvalue weighted by Crippen LogP contribution is -2.66. The van der Waals surface area contributed by atoms with E-state index in [1.165, 1.54) is 11.1 Å². The van der Waals surface area contributed by atoms with E-state index >= 15 is 0 Å². The van der Waals surface area contributed by atoms with E-state index in [1.54, 1.807) is 0 Å². The highest BCUT2D eigenvalue weighted by Crippen LogP contribution is 2.28. The Balaban J connectivity index is 1.81. The number of hydrogen-bond donors (Lipinski definition) is 2. The van der Waals surface area contributed by atoms with Crippen LogP contribution in [0.5, 0.6) is 0 Å². The topological polar surface area (TPSA) is 61.8 Å². The Hall–Kier alpha value is -2.37. The average Bonchev–Trinajstić information content (AvgIpc) is 2.55. The van der Waals surface area contributed by atoms with Gasteiger partial charge in [-0.2, -0.15) is 0 Å². The van der Waals surface area contributed by atoms with Crippen molar-refractivity contribution in [3.63, 3.8) is 0 Å². The molecule has 0 radical (unpaired) electrons. The molecule has 0 bridgehead atoms. The summed E-state index contributed by atoms with van der Waals surface area (Å²) in [6.45, 7) is 2.93. The van der Waals surface area contributed by atoms with Crippen LogP contribution >= 0.6 is 0 Å². The van der Waals surface area contributed by atoms with Crippen LogP contribution in [0.2, 0.25) is 0 Å². The van der Waals surface area contributed by atoms with Crippen molar-refractivity contribution in [2.45, 2.75) is 18.6 Å². The number of ether oxygens (including phenoxy) is 1. The third kappa shape index (κ3) is 3.93. The summed E-state index contributed by atoms with van der Waals surface area (Å²) in [6.07, 6.45) is -0.999. The highest BCUT2D eigenvalue weighted by molar-refractivity contribution is 5.64. The standard InChI is InChI=1S/C19H22N2O3/c22-18(23)20-13-19(14-24-15-19)21(11-16-7-3-1-4-8-16)12-17-9-5-2-6-10-17/h1-10,20H,11-15H2,(H,22,23). The van der Waals surface area contributed by atoms with Gasteiger partial charge in [0.05, 0.1) is 18.8 Å². The summed E-state index contributed by atoms with van der Waals surface area (Å²) in [6, 6.07) is 20.5. The number of nitrogens with zero attached hydrogens (tertiary/aromatic N) is 1. The molecule has 2 N–H and O–H groups in total. The lowest BCUT2D eigenvalue weighted by Gasteiger charge is -2.49. The van der Waals surface area contributed by atoms with Crippen LogP contribution in [0.25, 0.3) is 0 Å². The Kier molecular flexibility index (Phi) is 5.13. The minimum Gasteiger partial charge on any atom is -0.465 e. The van der Waals surface area contributed by atoms with Crippen molar-refractivity contribution in [2.75, 3.05) is 19.8 Å². The van der Waals surface area contributed by atoms with Gasteiger partial charge >= 0.3 is 6.09 Å². The molecule has 24 heavy (non-hydrogen) atoms. The summed E-state index contributed by atoms with van der Waals surface area (Å²) in [4.78, 5) is 13.3. The molecule has 0 atom stereocenters. The normalized spacial score (nSPS) is 15.7. The number of nitrogens with one attached hydrogen (secondary N) is 1. The van der Waals surface area contributed by atoms with Gasteiger partial charge in [-0.3, -0.25) is 4.90 Å². The van der Waals surface area contributed by atoms with Gasteiger partial charge in [0, 0.05) is 19.6 Å². The largest absolute Gasteiger partial charge is 0.465 e. The van der Waals surface area contributed by atoms with Crippen molar-refractivity contribution in [3.05, 3.63) is 71.8 Å². The molecule has 3 rings (SSSR count). The quantitative estimate of drug-likeness (QED) is 0.821. The summed E-state index contributed by atoms with van der Waals surface area (Å²) < 4.78 is 5.45. The van der Waals surface area contributed by atoms with Gasteiger partial charge in [0.15, 0.2) is 0 Å². The molecule has 5 heteroatoms. The zero-order valence-electron chi connectivity index (χ0n) is 13.5. The maximum atomic E-state index is 11.0. The lowest BCUT2D eigenvalue weighted by atomic mass is 9.93. The van der Waals surface area contributed by atoms with Gasteiger partial charge < -0.3 is 15.2 Å². The smallest absolute Gasteiger partial charge is 0.404 e. The first-order chi connectivity index (χ1) is 11.7. The number of hydrogen-bond acceptors (Lipinski definition) is 3. The van der Waals surface area contributed by atoms with Crippen LogP contribution in [-0.2, 0) is 17.8 Å². The van der Waals surface area contributed by atoms with Gasteiger partial charge in [-0.15, -0.1) is 0 Å². The van der Waals surface area contributed by atoms with Crippen LogP contribution in [0.4, 0.5) is 4.79 Å². The number of carboxylic acid groups (broad SMARTS) is 1. The van der Waals surface area contributed by atoms with Crippen molar-refractivity contribution in [1.29, 1.82) is 0 Å². The molecule has 0 aliphatic carbocycles. The third-order valence-electron chi connectivity index (χ3n) is 4.41. The number of benzene rings is 2. The zero-order valence-corrected chi connectivity index (χ0v) is 13.5.